The van der Waals surface area contributed by atoms with Gasteiger partial charge in [0.05, 0.1) is 16.4 Å². The first-order chi connectivity index (χ1) is 4.97. The second-order valence-corrected chi connectivity index (χ2v) is 2.01. The van der Waals surface area contributed by atoms with Crippen molar-refractivity contribution in [2.45, 2.75) is 0 Å². The lowest BCUT2D eigenvalue weighted by atomic mass is 10.2. The second kappa shape index (κ2) is 2.06. The fourth-order valence-corrected chi connectivity index (χ4v) is 0.867. The lowest BCUT2D eigenvalue weighted by Crippen LogP contribution is -2.30. The third-order valence-corrected chi connectivity index (χ3v) is 1.34. The zero-order valence-electron chi connectivity index (χ0n) is 5.28. The highest BCUT2D eigenvalue weighted by molar-refractivity contribution is 5.90. The molecule has 1 heterocycles. The molecule has 0 bridgehead atoms. The third kappa shape index (κ3) is 0.739. The average Bonchev–Trinajstić information content (AvgIpc) is 2.05. The Labute approximate surface area is 58.2 Å². The van der Waals surface area contributed by atoms with Crippen LogP contribution < -0.4 is 15.7 Å². The van der Waals surface area contributed by atoms with E-state index in [9.17, 15) is 0 Å². The first-order valence-corrected chi connectivity index (χ1v) is 3.05. The maximum atomic E-state index is 3.88. The minimum Gasteiger partial charge on any atom is -0.0605 e. The number of rotatable bonds is 0. The highest BCUT2D eigenvalue weighted by Crippen LogP contribution is 1.70. The molecule has 46 valence electrons. The van der Waals surface area contributed by atoms with Crippen molar-refractivity contribution < 1.29 is 0 Å². The number of nitrogens with zero attached hydrogens (tertiary/aromatic N) is 2. The molecule has 1 aromatic rings. The summed E-state index contributed by atoms with van der Waals surface area (Å²) < 4.78 is 0. The van der Waals surface area contributed by atoms with Crippen molar-refractivity contribution in [3.63, 3.8) is 0 Å². The number of hydrogen-bond acceptors (Lipinski definition) is 2. The predicted octanol–water partition coefficient (Wildman–Crippen LogP) is -0.778. The zero-order valence-corrected chi connectivity index (χ0v) is 5.28. The molecule has 1 aromatic carbocycles. The topological polar surface area (TPSA) is 26.5 Å². The van der Waals surface area contributed by atoms with E-state index in [1.54, 1.807) is 6.21 Å². The van der Waals surface area contributed by atoms with Gasteiger partial charge in [-0.05, 0) is 18.2 Å². The van der Waals surface area contributed by atoms with Crippen molar-refractivity contribution in [2.24, 2.45) is 5.10 Å². The molecule has 1 aliphatic heterocycles. The fourth-order valence-electron chi connectivity index (χ4n) is 0.867. The summed E-state index contributed by atoms with van der Waals surface area (Å²) >= 11 is 0. The van der Waals surface area contributed by atoms with Gasteiger partial charge in [0.25, 0.3) is 0 Å². The summed E-state index contributed by atoms with van der Waals surface area (Å²) in [4.78, 5) is 0. The molecule has 2 heteroatoms. The molecular weight excluding hydrogens is 124 g/mol. The van der Waals surface area contributed by atoms with Crippen LogP contribution in [0.15, 0.2) is 23.3 Å². The van der Waals surface area contributed by atoms with Crippen molar-refractivity contribution in [1.29, 1.82) is 0 Å². The van der Waals surface area contributed by atoms with E-state index in [0.717, 1.165) is 10.6 Å². The standard InChI is InChI=1S/C8H5N2/c1-2-4-8-7(3-1)5-6-9-10-8/h1-3,5-6H/q+1. The normalized spacial score (nSPS) is 13.2. The predicted molar refractivity (Wildman–Crippen MR) is 38.7 cm³/mol. The molecule has 2 rings (SSSR count). The van der Waals surface area contributed by atoms with Gasteiger partial charge in [0.1, 0.15) is 6.21 Å². The van der Waals surface area contributed by atoms with Crippen molar-refractivity contribution in [1.82, 2.24) is 5.10 Å². The Morgan fingerprint density at radius 2 is 2.50 bits per heavy atom. The van der Waals surface area contributed by atoms with Crippen LogP contribution in [-0.4, -0.2) is 6.21 Å². The number of hydrogen-bond donors (Lipinski definition) is 0. The van der Waals surface area contributed by atoms with Gasteiger partial charge in [0.15, 0.2) is 0 Å². The minimum atomic E-state index is 0.824. The lowest BCUT2D eigenvalue weighted by molar-refractivity contribution is 0.989. The molecular formula is C8H5N2+. The maximum absolute atomic E-state index is 3.88. The van der Waals surface area contributed by atoms with E-state index < -0.39 is 0 Å². The molecule has 0 saturated heterocycles. The summed E-state index contributed by atoms with van der Waals surface area (Å²) in [5.41, 5.74) is 0. The van der Waals surface area contributed by atoms with Crippen LogP contribution in [0.25, 0.3) is 6.08 Å². The van der Waals surface area contributed by atoms with Crippen molar-refractivity contribution in [3.8, 4) is 0 Å². The third-order valence-electron chi connectivity index (χ3n) is 1.34. The first-order valence-electron chi connectivity index (χ1n) is 3.05. The monoisotopic (exact) mass is 129 g/mol. The molecule has 0 amide bonds. The molecule has 0 N–H and O–H groups in total. The highest BCUT2D eigenvalue weighted by atomic mass is 15.2. The van der Waals surface area contributed by atoms with Gasteiger partial charge < -0.3 is 0 Å². The molecule has 0 spiro atoms. The van der Waals surface area contributed by atoms with Crippen LogP contribution in [0.5, 0.6) is 0 Å². The molecule has 2 radical (unpaired) electrons. The molecule has 0 aromatic heterocycles. The minimum absolute atomic E-state index is 0.824. The van der Waals surface area contributed by atoms with Crippen molar-refractivity contribution in [2.75, 3.05) is 0 Å². The first kappa shape index (κ1) is 5.35. The van der Waals surface area contributed by atoms with Crippen LogP contribution in [0.3, 0.4) is 0 Å². The van der Waals surface area contributed by atoms with Gasteiger partial charge in [-0.3, -0.25) is 0 Å². The summed E-state index contributed by atoms with van der Waals surface area (Å²) in [5, 5.41) is 9.51. The fraction of sp³-hybridized carbons (Fsp3) is 0. The van der Waals surface area contributed by atoms with Crippen LogP contribution in [0.4, 0.5) is 0 Å². The van der Waals surface area contributed by atoms with Gasteiger partial charge >= 0.3 is 5.36 Å². The Bertz CT molecular complexity index is 339. The van der Waals surface area contributed by atoms with E-state index in [4.69, 9.17) is 0 Å². The second-order valence-electron chi connectivity index (χ2n) is 2.01. The SMILES string of the molecule is [c]1cccc2c1=[N+]N=CC=2. The van der Waals surface area contributed by atoms with E-state index in [2.05, 4.69) is 16.3 Å². The summed E-state index contributed by atoms with van der Waals surface area (Å²) in [5.74, 6) is 0. The molecule has 1 aliphatic rings. The Kier molecular flexibility index (Phi) is 1.10. The number of fused-ring (bicyclic) bond motifs is 1. The van der Waals surface area contributed by atoms with E-state index in [1.165, 1.54) is 0 Å². The van der Waals surface area contributed by atoms with Crippen LogP contribution >= 0.6 is 0 Å². The molecule has 0 atom stereocenters. The quantitative estimate of drug-likeness (QED) is 0.439. The highest BCUT2D eigenvalue weighted by Gasteiger charge is 1.99. The van der Waals surface area contributed by atoms with Crippen LogP contribution in [0.2, 0.25) is 0 Å². The molecule has 0 aliphatic carbocycles. The zero-order chi connectivity index (χ0) is 6.81. The largest absolute Gasteiger partial charge is 0.327 e. The number of benzene rings is 1. The van der Waals surface area contributed by atoms with E-state index >= 15 is 0 Å². The Balaban J connectivity index is 2.92. The van der Waals surface area contributed by atoms with E-state index in [0.29, 0.717) is 0 Å². The van der Waals surface area contributed by atoms with Gasteiger partial charge in [-0.25, -0.2) is 0 Å². The summed E-state index contributed by atoms with van der Waals surface area (Å²) in [6, 6.07) is 8.73. The molecule has 2 nitrogen and oxygen atoms in total. The van der Waals surface area contributed by atoms with Gasteiger partial charge in [-0.2, -0.15) is 0 Å². The van der Waals surface area contributed by atoms with Gasteiger partial charge in [0, 0.05) is 0 Å². The van der Waals surface area contributed by atoms with Crippen LogP contribution in [-0.2, 0) is 0 Å². The molecule has 0 saturated carbocycles. The summed E-state index contributed by atoms with van der Waals surface area (Å²) in [6.45, 7) is 0. The van der Waals surface area contributed by atoms with Crippen molar-refractivity contribution in [3.05, 3.63) is 34.8 Å². The summed E-state index contributed by atoms with van der Waals surface area (Å²) in [7, 11) is 0. The molecule has 0 fully saturated rings. The van der Waals surface area contributed by atoms with Crippen LogP contribution in [0, 0.1) is 6.07 Å². The summed E-state index contributed by atoms with van der Waals surface area (Å²) in [6.07, 6.45) is 3.59. The Morgan fingerprint density at radius 3 is 3.40 bits per heavy atom. The van der Waals surface area contributed by atoms with Gasteiger partial charge in [-0.15, -0.1) is 0 Å². The maximum Gasteiger partial charge on any atom is 0.327 e. The Morgan fingerprint density at radius 1 is 1.50 bits per heavy atom. The Hall–Kier alpha value is -1.44. The molecule has 0 unspecified atom stereocenters. The average molecular weight is 129 g/mol. The smallest absolute Gasteiger partial charge is 0.0605 e. The van der Waals surface area contributed by atoms with Crippen molar-refractivity contribution >= 4 is 12.3 Å². The molecule has 10 heavy (non-hydrogen) atoms. The van der Waals surface area contributed by atoms with E-state index in [-0.39, 0.29) is 0 Å². The van der Waals surface area contributed by atoms with Gasteiger partial charge in [-0.1, -0.05) is 6.07 Å². The van der Waals surface area contributed by atoms with Gasteiger partial charge in [0.2, 0.25) is 5.10 Å². The lowest BCUT2D eigenvalue weighted by Gasteiger charge is -1.78. The van der Waals surface area contributed by atoms with E-state index in [1.807, 2.05) is 24.3 Å². The van der Waals surface area contributed by atoms with Crippen LogP contribution in [0.1, 0.15) is 0 Å².